The second-order valence-corrected chi connectivity index (χ2v) is 14.9. The lowest BCUT2D eigenvalue weighted by molar-refractivity contribution is 0.583. The van der Waals surface area contributed by atoms with Crippen LogP contribution in [0.5, 0.6) is 0 Å². The van der Waals surface area contributed by atoms with E-state index in [0.29, 0.717) is 0 Å². The molecule has 0 atom stereocenters. The lowest BCUT2D eigenvalue weighted by atomic mass is 9.75. The summed E-state index contributed by atoms with van der Waals surface area (Å²) in [5.74, 6) is 0. The van der Waals surface area contributed by atoms with Crippen molar-refractivity contribution in [2.75, 3.05) is 0 Å². The van der Waals surface area contributed by atoms with Gasteiger partial charge >= 0.3 is 0 Å². The number of hydrogen-bond acceptors (Lipinski definition) is 0. The fourth-order valence-corrected chi connectivity index (χ4v) is 6.47. The van der Waals surface area contributed by atoms with E-state index in [4.69, 9.17) is 0 Å². The highest BCUT2D eigenvalue weighted by molar-refractivity contribution is 6.02. The molecule has 0 heteroatoms. The number of rotatable bonds is 2. The summed E-state index contributed by atoms with van der Waals surface area (Å²) in [7, 11) is 0. The van der Waals surface area contributed by atoms with E-state index in [0.717, 1.165) is 6.42 Å². The van der Waals surface area contributed by atoms with Gasteiger partial charge in [-0.1, -0.05) is 123 Å². The molecule has 2 aliphatic rings. The van der Waals surface area contributed by atoms with Crippen molar-refractivity contribution in [1.82, 2.24) is 0 Å². The Morgan fingerprint density at radius 3 is 2.00 bits per heavy atom. The van der Waals surface area contributed by atoms with E-state index in [1.807, 2.05) is 0 Å². The highest BCUT2D eigenvalue weighted by Gasteiger charge is 2.30. The third kappa shape index (κ3) is 4.77. The molecule has 0 spiro atoms. The standard InChI is InChI=1S/C39H46/c1-24(2)31-23-32-27-20-19-26(37(3,4)5)21-25(27)22-33(32)35(36(31)39(9,10)11)30-17-14-16-28(30)29-15-12-13-18-34(29)38(6,7)8/h12-16,18-23H,17H2,1-11H3. The summed E-state index contributed by atoms with van der Waals surface area (Å²) in [6.07, 6.45) is 8.20. The molecule has 0 unspecified atom stereocenters. The molecule has 5 rings (SSSR count). The Bertz CT molecular complexity index is 1660. The average molecular weight is 515 g/mol. The second kappa shape index (κ2) is 9.22. The molecule has 0 radical (unpaired) electrons. The van der Waals surface area contributed by atoms with Crippen molar-refractivity contribution < 1.29 is 0 Å². The number of hydrogen-bond donors (Lipinski definition) is 0. The molecule has 0 amide bonds. The van der Waals surface area contributed by atoms with E-state index in [1.165, 1.54) is 71.7 Å². The minimum atomic E-state index is 0.000393. The highest BCUT2D eigenvalue weighted by atomic mass is 14.3. The first-order valence-corrected chi connectivity index (χ1v) is 14.6. The van der Waals surface area contributed by atoms with Crippen molar-refractivity contribution in [3.63, 3.8) is 0 Å². The van der Waals surface area contributed by atoms with Crippen LogP contribution in [0.25, 0.3) is 33.9 Å². The number of allylic oxidation sites excluding steroid dienone is 4. The summed E-state index contributed by atoms with van der Waals surface area (Å²) in [5, 5.41) is 2.80. The van der Waals surface area contributed by atoms with Gasteiger partial charge in [0, 0.05) is 0 Å². The Morgan fingerprint density at radius 1 is 0.692 bits per heavy atom. The van der Waals surface area contributed by atoms with E-state index in [9.17, 15) is 0 Å². The molecule has 0 fully saturated rings. The monoisotopic (exact) mass is 514 g/mol. The summed E-state index contributed by atoms with van der Waals surface area (Å²) in [6.45, 7) is 25.6. The quantitative estimate of drug-likeness (QED) is 0.250. The molecule has 0 nitrogen and oxygen atoms in total. The molecule has 39 heavy (non-hydrogen) atoms. The van der Waals surface area contributed by atoms with Gasteiger partial charge in [0.2, 0.25) is 0 Å². The van der Waals surface area contributed by atoms with Gasteiger partial charge in [0.15, 0.2) is 0 Å². The van der Waals surface area contributed by atoms with Crippen molar-refractivity contribution in [3.05, 3.63) is 105 Å². The summed E-state index contributed by atoms with van der Waals surface area (Å²) < 4.78 is 0. The van der Waals surface area contributed by atoms with Crippen molar-refractivity contribution in [2.45, 2.75) is 98.8 Å². The Labute approximate surface area is 236 Å². The number of benzene rings is 3. The smallest absolute Gasteiger partial charge is 0.00817 e. The van der Waals surface area contributed by atoms with Crippen LogP contribution in [0, 0.1) is 0 Å². The Morgan fingerprint density at radius 2 is 1.38 bits per heavy atom. The molecule has 0 N–H and O–H groups in total. The van der Waals surface area contributed by atoms with Gasteiger partial charge in [-0.2, -0.15) is 0 Å². The molecule has 3 aromatic carbocycles. The fourth-order valence-electron chi connectivity index (χ4n) is 6.47. The van der Waals surface area contributed by atoms with Crippen molar-refractivity contribution in [1.29, 1.82) is 0 Å². The van der Waals surface area contributed by atoms with Crippen LogP contribution in [0.2, 0.25) is 0 Å². The lowest BCUT2D eigenvalue weighted by Crippen LogP contribution is -2.31. The van der Waals surface area contributed by atoms with E-state index < -0.39 is 0 Å². The molecule has 0 aromatic heterocycles. The molecule has 0 saturated carbocycles. The van der Waals surface area contributed by atoms with Gasteiger partial charge < -0.3 is 0 Å². The summed E-state index contributed by atoms with van der Waals surface area (Å²) >= 11 is 0. The molecular weight excluding hydrogens is 468 g/mol. The molecule has 2 aliphatic carbocycles. The van der Waals surface area contributed by atoms with E-state index in [-0.39, 0.29) is 16.2 Å². The van der Waals surface area contributed by atoms with Crippen LogP contribution in [0.15, 0.2) is 60.7 Å². The van der Waals surface area contributed by atoms with Crippen molar-refractivity contribution >= 4 is 22.8 Å². The van der Waals surface area contributed by atoms with Gasteiger partial charge in [-0.3, -0.25) is 0 Å². The number of fused-ring (bicyclic) bond motifs is 3. The molecule has 0 heterocycles. The fraction of sp³-hybridized carbons (Fsp3) is 0.385. The van der Waals surface area contributed by atoms with E-state index >= 15 is 0 Å². The average Bonchev–Trinajstić information content (AvgIpc) is 3.45. The zero-order chi connectivity index (χ0) is 28.5. The van der Waals surface area contributed by atoms with Crippen LogP contribution in [0.3, 0.4) is 0 Å². The molecule has 0 bridgehead atoms. The lowest BCUT2D eigenvalue weighted by Gasteiger charge is -2.28. The van der Waals surface area contributed by atoms with Crippen molar-refractivity contribution in [3.8, 4) is 11.1 Å². The van der Waals surface area contributed by atoms with E-state index in [2.05, 4.69) is 143 Å². The van der Waals surface area contributed by atoms with Crippen LogP contribution in [-0.4, -0.2) is 0 Å². The maximum Gasteiger partial charge on any atom is -0.00817 e. The molecular formula is C39H46. The minimum absolute atomic E-state index is 0.000393. The maximum atomic E-state index is 2.49. The minimum Gasteiger partial charge on any atom is -0.0795 e. The second-order valence-electron chi connectivity index (χ2n) is 14.9. The predicted molar refractivity (Wildman–Crippen MR) is 173 cm³/mol. The molecule has 0 aliphatic heterocycles. The predicted octanol–water partition coefficient (Wildman–Crippen LogP) is 9.45. The molecule has 202 valence electrons. The molecule has 0 saturated heterocycles. The van der Waals surface area contributed by atoms with Gasteiger partial charge in [0.1, 0.15) is 0 Å². The van der Waals surface area contributed by atoms with Crippen LogP contribution < -0.4 is 10.4 Å². The SMILES string of the molecule is CC(C)=c1cc2c(c(C3=C(c4ccccc4C(C)(C)C)C=CC3)c1C(C)(C)C)=Cc1cc(C(C)(C)C)ccc1-2. The Kier molecular flexibility index (Phi) is 6.49. The van der Waals surface area contributed by atoms with Crippen LogP contribution in [0.1, 0.15) is 116 Å². The summed E-state index contributed by atoms with van der Waals surface area (Å²) in [6, 6.07) is 18.7. The zero-order valence-electron chi connectivity index (χ0n) is 26.1. The zero-order valence-corrected chi connectivity index (χ0v) is 26.1. The van der Waals surface area contributed by atoms with Gasteiger partial charge in [-0.05, 0) is 115 Å². The van der Waals surface area contributed by atoms with Crippen LogP contribution >= 0.6 is 0 Å². The largest absolute Gasteiger partial charge is 0.0795 e. The van der Waals surface area contributed by atoms with Gasteiger partial charge in [-0.25, -0.2) is 0 Å². The highest BCUT2D eigenvalue weighted by Crippen LogP contribution is 2.42. The van der Waals surface area contributed by atoms with Crippen LogP contribution in [0.4, 0.5) is 0 Å². The molecule has 3 aromatic rings. The van der Waals surface area contributed by atoms with Crippen LogP contribution in [-0.2, 0) is 16.2 Å². The van der Waals surface area contributed by atoms with E-state index in [1.54, 1.807) is 0 Å². The Balaban J connectivity index is 1.94. The van der Waals surface area contributed by atoms with Crippen molar-refractivity contribution in [2.24, 2.45) is 0 Å². The normalized spacial score (nSPS) is 14.9. The third-order valence-electron chi connectivity index (χ3n) is 8.42. The van der Waals surface area contributed by atoms with Gasteiger partial charge in [0.05, 0.1) is 0 Å². The Hall–Kier alpha value is -3.12. The first-order chi connectivity index (χ1) is 18.1. The first-order valence-electron chi connectivity index (χ1n) is 14.6. The maximum absolute atomic E-state index is 2.49. The van der Waals surface area contributed by atoms with Gasteiger partial charge in [-0.15, -0.1) is 0 Å². The summed E-state index contributed by atoms with van der Waals surface area (Å²) in [5.41, 5.74) is 15.6. The third-order valence-corrected chi connectivity index (χ3v) is 8.42. The van der Waals surface area contributed by atoms with Gasteiger partial charge in [0.25, 0.3) is 0 Å². The first kappa shape index (κ1) is 27.4. The topological polar surface area (TPSA) is 0 Å². The summed E-state index contributed by atoms with van der Waals surface area (Å²) in [4.78, 5) is 0.